The molecule has 1 saturated carbocycles. The van der Waals surface area contributed by atoms with Crippen LogP contribution < -0.4 is 5.32 Å². The molecule has 0 atom stereocenters. The monoisotopic (exact) mass is 249 g/mol. The lowest BCUT2D eigenvalue weighted by atomic mass is 10.1. The van der Waals surface area contributed by atoms with Gasteiger partial charge in [0.1, 0.15) is 0 Å². The smallest absolute Gasteiger partial charge is 0.244 e. The maximum absolute atomic E-state index is 11.7. The average molecular weight is 249 g/mol. The topological polar surface area (TPSA) is 29.1 Å². The molecular formula is C14H19NOS. The van der Waals surface area contributed by atoms with E-state index in [-0.39, 0.29) is 5.91 Å². The summed E-state index contributed by atoms with van der Waals surface area (Å²) in [5.74, 6) is 0.0466. The highest BCUT2D eigenvalue weighted by molar-refractivity contribution is 7.10. The van der Waals surface area contributed by atoms with Crippen LogP contribution in [0.15, 0.2) is 23.6 Å². The number of hydrogen-bond acceptors (Lipinski definition) is 2. The van der Waals surface area contributed by atoms with Gasteiger partial charge in [0, 0.05) is 17.0 Å². The second kappa shape index (κ2) is 6.60. The Bertz CT molecular complexity index is 362. The number of rotatable bonds is 3. The van der Waals surface area contributed by atoms with Crippen molar-refractivity contribution in [3.63, 3.8) is 0 Å². The van der Waals surface area contributed by atoms with Crippen molar-refractivity contribution < 1.29 is 4.79 Å². The van der Waals surface area contributed by atoms with Gasteiger partial charge in [0.25, 0.3) is 0 Å². The summed E-state index contributed by atoms with van der Waals surface area (Å²) >= 11 is 1.65. The quantitative estimate of drug-likeness (QED) is 0.643. The maximum Gasteiger partial charge on any atom is 0.244 e. The van der Waals surface area contributed by atoms with Crippen LogP contribution in [0.25, 0.3) is 6.08 Å². The lowest BCUT2D eigenvalue weighted by Gasteiger charge is -2.14. The van der Waals surface area contributed by atoms with Crippen LogP contribution in [0.1, 0.15) is 43.4 Å². The van der Waals surface area contributed by atoms with Crippen molar-refractivity contribution in [1.29, 1.82) is 0 Å². The molecule has 1 N–H and O–H groups in total. The molecule has 1 aliphatic rings. The van der Waals surface area contributed by atoms with Gasteiger partial charge in [-0.2, -0.15) is 0 Å². The Hall–Kier alpha value is -1.09. The molecule has 0 bridgehead atoms. The van der Waals surface area contributed by atoms with Crippen LogP contribution in [0, 0.1) is 0 Å². The summed E-state index contributed by atoms with van der Waals surface area (Å²) in [7, 11) is 0. The molecule has 0 saturated heterocycles. The lowest BCUT2D eigenvalue weighted by Crippen LogP contribution is -2.33. The van der Waals surface area contributed by atoms with Crippen LogP contribution in [-0.2, 0) is 4.79 Å². The number of thiophene rings is 1. The predicted octanol–water partition coefficient (Wildman–Crippen LogP) is 3.60. The zero-order valence-corrected chi connectivity index (χ0v) is 10.8. The molecule has 0 radical (unpaired) electrons. The number of amides is 1. The summed E-state index contributed by atoms with van der Waals surface area (Å²) < 4.78 is 0. The summed E-state index contributed by atoms with van der Waals surface area (Å²) in [6.07, 6.45) is 10.9. The third-order valence-electron chi connectivity index (χ3n) is 3.14. The molecule has 92 valence electrons. The van der Waals surface area contributed by atoms with Gasteiger partial charge in [-0.3, -0.25) is 4.79 Å². The average Bonchev–Trinajstić information content (AvgIpc) is 2.72. The Kier molecular flexibility index (Phi) is 4.80. The van der Waals surface area contributed by atoms with E-state index in [2.05, 4.69) is 5.32 Å². The van der Waals surface area contributed by atoms with Gasteiger partial charge in [0.15, 0.2) is 0 Å². The second-order valence-corrected chi connectivity index (χ2v) is 5.53. The molecule has 1 aliphatic carbocycles. The van der Waals surface area contributed by atoms with Crippen molar-refractivity contribution in [3.05, 3.63) is 28.5 Å². The fraction of sp³-hybridized carbons (Fsp3) is 0.500. The molecule has 1 aromatic rings. The van der Waals surface area contributed by atoms with Crippen molar-refractivity contribution in [2.45, 2.75) is 44.6 Å². The molecule has 0 unspecified atom stereocenters. The first-order valence-corrected chi connectivity index (χ1v) is 7.24. The standard InChI is InChI=1S/C14H19NOS/c16-14(10-9-13-8-5-11-17-13)15-12-6-3-1-2-4-7-12/h5,8-12H,1-4,6-7H2,(H,15,16)/b10-9-. The Morgan fingerprint density at radius 1 is 1.29 bits per heavy atom. The van der Waals surface area contributed by atoms with Crippen LogP contribution in [-0.4, -0.2) is 11.9 Å². The van der Waals surface area contributed by atoms with Crippen LogP contribution in [0.5, 0.6) is 0 Å². The normalized spacial score (nSPS) is 18.1. The van der Waals surface area contributed by atoms with Crippen LogP contribution in [0.4, 0.5) is 0 Å². The van der Waals surface area contributed by atoms with E-state index in [0.717, 1.165) is 17.7 Å². The van der Waals surface area contributed by atoms with E-state index >= 15 is 0 Å². The van der Waals surface area contributed by atoms with Crippen molar-refractivity contribution in [1.82, 2.24) is 5.32 Å². The maximum atomic E-state index is 11.7. The summed E-state index contributed by atoms with van der Waals surface area (Å²) in [6.45, 7) is 0. The number of carbonyl (C=O) groups excluding carboxylic acids is 1. The van der Waals surface area contributed by atoms with Gasteiger partial charge >= 0.3 is 0 Å². The SMILES string of the molecule is O=C(/C=C\c1cccs1)NC1CCCCCC1. The first-order chi connectivity index (χ1) is 8.34. The van der Waals surface area contributed by atoms with Gasteiger partial charge in [-0.25, -0.2) is 0 Å². The number of carbonyl (C=O) groups is 1. The lowest BCUT2D eigenvalue weighted by molar-refractivity contribution is -0.117. The van der Waals surface area contributed by atoms with Gasteiger partial charge in [-0.1, -0.05) is 31.7 Å². The third kappa shape index (κ3) is 4.35. The molecule has 0 aliphatic heterocycles. The van der Waals surface area contributed by atoms with E-state index in [0.29, 0.717) is 6.04 Å². The first kappa shape index (κ1) is 12.4. The third-order valence-corrected chi connectivity index (χ3v) is 3.98. The number of nitrogens with one attached hydrogen (secondary N) is 1. The highest BCUT2D eigenvalue weighted by Crippen LogP contribution is 2.17. The molecule has 0 aromatic carbocycles. The fourth-order valence-corrected chi connectivity index (χ4v) is 2.83. The van der Waals surface area contributed by atoms with E-state index in [1.54, 1.807) is 17.4 Å². The largest absolute Gasteiger partial charge is 0.350 e. The van der Waals surface area contributed by atoms with Gasteiger partial charge in [0.05, 0.1) is 0 Å². The summed E-state index contributed by atoms with van der Waals surface area (Å²) in [5, 5.41) is 5.12. The van der Waals surface area contributed by atoms with Gasteiger partial charge < -0.3 is 5.32 Å². The van der Waals surface area contributed by atoms with Crippen LogP contribution in [0.3, 0.4) is 0 Å². The molecule has 0 spiro atoms. The molecule has 2 rings (SSSR count). The molecular weight excluding hydrogens is 230 g/mol. The zero-order valence-electron chi connectivity index (χ0n) is 10.0. The summed E-state index contributed by atoms with van der Waals surface area (Å²) in [4.78, 5) is 12.9. The highest BCUT2D eigenvalue weighted by atomic mass is 32.1. The van der Waals surface area contributed by atoms with Crippen LogP contribution >= 0.6 is 11.3 Å². The van der Waals surface area contributed by atoms with Crippen molar-refractivity contribution in [3.8, 4) is 0 Å². The highest BCUT2D eigenvalue weighted by Gasteiger charge is 2.12. The minimum Gasteiger partial charge on any atom is -0.350 e. The molecule has 1 fully saturated rings. The molecule has 1 aromatic heterocycles. The summed E-state index contributed by atoms with van der Waals surface area (Å²) in [5.41, 5.74) is 0. The molecule has 1 heterocycles. The van der Waals surface area contributed by atoms with E-state index < -0.39 is 0 Å². The minimum atomic E-state index is 0.0466. The molecule has 3 heteroatoms. The molecule has 17 heavy (non-hydrogen) atoms. The predicted molar refractivity (Wildman–Crippen MR) is 73.0 cm³/mol. The van der Waals surface area contributed by atoms with E-state index in [1.807, 2.05) is 23.6 Å². The van der Waals surface area contributed by atoms with E-state index in [4.69, 9.17) is 0 Å². The van der Waals surface area contributed by atoms with E-state index in [1.165, 1.54) is 25.7 Å². The Morgan fingerprint density at radius 2 is 2.06 bits per heavy atom. The molecule has 2 nitrogen and oxygen atoms in total. The Labute approximate surface area is 107 Å². The van der Waals surface area contributed by atoms with Gasteiger partial charge in [0.2, 0.25) is 5.91 Å². The van der Waals surface area contributed by atoms with Crippen LogP contribution in [0.2, 0.25) is 0 Å². The Morgan fingerprint density at radius 3 is 2.71 bits per heavy atom. The van der Waals surface area contributed by atoms with Crippen molar-refractivity contribution in [2.75, 3.05) is 0 Å². The Balaban J connectivity index is 1.80. The van der Waals surface area contributed by atoms with Crippen molar-refractivity contribution in [2.24, 2.45) is 0 Å². The minimum absolute atomic E-state index is 0.0466. The fourth-order valence-electron chi connectivity index (χ4n) is 2.22. The van der Waals surface area contributed by atoms with Gasteiger partial charge in [-0.05, 0) is 30.4 Å². The zero-order chi connectivity index (χ0) is 11.9. The first-order valence-electron chi connectivity index (χ1n) is 6.37. The number of hydrogen-bond donors (Lipinski definition) is 1. The second-order valence-electron chi connectivity index (χ2n) is 4.55. The van der Waals surface area contributed by atoms with E-state index in [9.17, 15) is 4.79 Å². The van der Waals surface area contributed by atoms with Crippen molar-refractivity contribution >= 4 is 23.3 Å². The van der Waals surface area contributed by atoms with Gasteiger partial charge in [-0.15, -0.1) is 11.3 Å². The summed E-state index contributed by atoms with van der Waals surface area (Å²) in [6, 6.07) is 4.39. The molecule has 1 amide bonds.